The lowest BCUT2D eigenvalue weighted by Gasteiger charge is -2.26. The maximum atomic E-state index is 11.5. The molecular weight excluding hydrogens is 290 g/mol. The first-order valence-corrected chi connectivity index (χ1v) is 7.20. The van der Waals surface area contributed by atoms with Gasteiger partial charge in [-0.3, -0.25) is 14.5 Å². The molecule has 0 radical (unpaired) electrons. The Labute approximate surface area is 131 Å². The lowest BCUT2D eigenvalue weighted by molar-refractivity contribution is -0.497. The van der Waals surface area contributed by atoms with Gasteiger partial charge in [0, 0.05) is 25.1 Å². The Hall–Kier alpha value is -1.28. The summed E-state index contributed by atoms with van der Waals surface area (Å²) in [5.74, 6) is -0.700. The highest BCUT2D eigenvalue weighted by atomic mass is 17.3. The molecule has 0 N–H and O–H groups in total. The molecule has 0 unspecified atom stereocenters. The number of hydrogen-bond donors (Lipinski definition) is 0. The highest BCUT2D eigenvalue weighted by Gasteiger charge is 2.27. The molecule has 0 fully saturated rings. The van der Waals surface area contributed by atoms with Crippen molar-refractivity contribution in [2.24, 2.45) is 0 Å². The van der Waals surface area contributed by atoms with Crippen LogP contribution in [0, 0.1) is 0 Å². The van der Waals surface area contributed by atoms with E-state index in [1.165, 1.54) is 12.2 Å². The molecule has 0 saturated carbocycles. The van der Waals surface area contributed by atoms with Crippen molar-refractivity contribution in [1.29, 1.82) is 0 Å². The van der Waals surface area contributed by atoms with Gasteiger partial charge in [0.2, 0.25) is 6.29 Å². The van der Waals surface area contributed by atoms with Crippen LogP contribution in [0.3, 0.4) is 0 Å². The monoisotopic (exact) mass is 315 g/mol. The molecule has 1 heterocycles. The molecule has 126 valence electrons. The molecule has 1 aliphatic rings. The van der Waals surface area contributed by atoms with Gasteiger partial charge in [-0.05, 0) is 41.5 Å². The first-order valence-electron chi connectivity index (χ1n) is 7.20. The van der Waals surface area contributed by atoms with Crippen LogP contribution in [0.25, 0.3) is 0 Å². The van der Waals surface area contributed by atoms with Gasteiger partial charge >= 0.3 is 0 Å². The Balaban J connectivity index is 2.53. The fourth-order valence-electron chi connectivity index (χ4n) is 1.39. The fourth-order valence-corrected chi connectivity index (χ4v) is 1.39. The maximum absolute atomic E-state index is 11.5. The van der Waals surface area contributed by atoms with Crippen molar-refractivity contribution in [3.63, 3.8) is 0 Å². The molecule has 0 aromatic heterocycles. The second-order valence-corrected chi connectivity index (χ2v) is 6.96. The van der Waals surface area contributed by atoms with Crippen LogP contribution in [0.4, 0.5) is 0 Å². The minimum Gasteiger partial charge on any atom is -0.275 e. The molecule has 0 aliphatic carbocycles. The van der Waals surface area contributed by atoms with E-state index in [1.807, 2.05) is 41.5 Å². The number of carbonyl (C=O) groups is 2. The van der Waals surface area contributed by atoms with Gasteiger partial charge in [0.15, 0.2) is 0 Å². The molecule has 0 saturated heterocycles. The van der Waals surface area contributed by atoms with Gasteiger partial charge in [-0.25, -0.2) is 19.6 Å². The first-order chi connectivity index (χ1) is 9.98. The van der Waals surface area contributed by atoms with E-state index in [2.05, 4.69) is 0 Å². The van der Waals surface area contributed by atoms with Crippen LogP contribution in [0.15, 0.2) is 12.2 Å². The topological polar surface area (TPSA) is 74.3 Å². The number of amides is 2. The van der Waals surface area contributed by atoms with E-state index in [0.29, 0.717) is 0 Å². The Bertz CT molecular complexity index is 396. The van der Waals surface area contributed by atoms with Gasteiger partial charge < -0.3 is 0 Å². The van der Waals surface area contributed by atoms with Crippen LogP contribution in [0.1, 0.15) is 48.0 Å². The summed E-state index contributed by atoms with van der Waals surface area (Å²) in [5, 5.41) is 0. The number of rotatable bonds is 7. The molecule has 0 spiro atoms. The van der Waals surface area contributed by atoms with Crippen LogP contribution < -0.4 is 0 Å². The van der Waals surface area contributed by atoms with Crippen LogP contribution in [0.5, 0.6) is 0 Å². The van der Waals surface area contributed by atoms with E-state index >= 15 is 0 Å². The minimum atomic E-state index is -0.861. The molecule has 0 atom stereocenters. The average Bonchev–Trinajstić information content (AvgIpc) is 2.66. The van der Waals surface area contributed by atoms with E-state index in [9.17, 15) is 9.59 Å². The van der Waals surface area contributed by atoms with Crippen molar-refractivity contribution < 1.29 is 29.1 Å². The fraction of sp³-hybridized carbons (Fsp3) is 0.733. The first kappa shape index (κ1) is 18.8. The SMILES string of the molecule is CC(C)(C)OOC(CCN1C(=O)C=CC1=O)OOC(C)(C)C. The van der Waals surface area contributed by atoms with E-state index in [0.717, 1.165) is 4.90 Å². The van der Waals surface area contributed by atoms with Gasteiger partial charge in [-0.2, -0.15) is 0 Å². The third-order valence-electron chi connectivity index (χ3n) is 2.30. The smallest absolute Gasteiger partial charge is 0.253 e. The molecule has 1 rings (SSSR count). The van der Waals surface area contributed by atoms with E-state index in [-0.39, 0.29) is 24.8 Å². The summed E-state index contributed by atoms with van der Waals surface area (Å²) in [6.45, 7) is 11.1. The summed E-state index contributed by atoms with van der Waals surface area (Å²) in [6, 6.07) is 0. The lowest BCUT2D eigenvalue weighted by atomic mass is 10.2. The molecule has 0 bridgehead atoms. The van der Waals surface area contributed by atoms with Gasteiger partial charge in [0.1, 0.15) is 0 Å². The van der Waals surface area contributed by atoms with E-state index in [1.54, 1.807) is 0 Å². The summed E-state index contributed by atoms with van der Waals surface area (Å²) in [4.78, 5) is 45.0. The van der Waals surface area contributed by atoms with Gasteiger partial charge in [0.25, 0.3) is 11.8 Å². The second-order valence-electron chi connectivity index (χ2n) is 6.96. The Morgan fingerprint density at radius 2 is 1.32 bits per heavy atom. The average molecular weight is 315 g/mol. The third-order valence-corrected chi connectivity index (χ3v) is 2.30. The Morgan fingerprint density at radius 1 is 0.909 bits per heavy atom. The summed E-state index contributed by atoms with van der Waals surface area (Å²) in [5.41, 5.74) is -1.05. The van der Waals surface area contributed by atoms with Crippen molar-refractivity contribution in [2.45, 2.75) is 65.5 Å². The van der Waals surface area contributed by atoms with E-state index in [4.69, 9.17) is 19.6 Å². The molecule has 7 nitrogen and oxygen atoms in total. The number of imide groups is 1. The quantitative estimate of drug-likeness (QED) is 0.310. The lowest BCUT2D eigenvalue weighted by Crippen LogP contribution is -2.36. The van der Waals surface area contributed by atoms with Crippen LogP contribution >= 0.6 is 0 Å². The van der Waals surface area contributed by atoms with Crippen molar-refractivity contribution in [2.75, 3.05) is 6.54 Å². The van der Waals surface area contributed by atoms with Crippen molar-refractivity contribution in [1.82, 2.24) is 4.90 Å². The zero-order chi connectivity index (χ0) is 17.0. The predicted molar refractivity (Wildman–Crippen MR) is 78.1 cm³/mol. The molecular formula is C15H25NO6. The molecule has 0 aromatic carbocycles. The van der Waals surface area contributed by atoms with Crippen molar-refractivity contribution in [3.8, 4) is 0 Å². The van der Waals surface area contributed by atoms with Gasteiger partial charge in [-0.15, -0.1) is 0 Å². The van der Waals surface area contributed by atoms with Crippen molar-refractivity contribution in [3.05, 3.63) is 12.2 Å². The van der Waals surface area contributed by atoms with Gasteiger partial charge in [0.05, 0.1) is 11.2 Å². The molecule has 22 heavy (non-hydrogen) atoms. The Morgan fingerprint density at radius 3 is 1.68 bits per heavy atom. The number of carbonyl (C=O) groups excluding carboxylic acids is 2. The van der Waals surface area contributed by atoms with Crippen LogP contribution in [-0.4, -0.2) is 40.8 Å². The summed E-state index contributed by atoms with van der Waals surface area (Å²) >= 11 is 0. The second kappa shape index (κ2) is 7.32. The van der Waals surface area contributed by atoms with E-state index < -0.39 is 17.5 Å². The number of nitrogens with zero attached hydrogens (tertiary/aromatic N) is 1. The largest absolute Gasteiger partial charge is 0.275 e. The number of hydrogen-bond acceptors (Lipinski definition) is 6. The predicted octanol–water partition coefficient (Wildman–Crippen LogP) is 2.12. The normalized spacial score (nSPS) is 16.2. The summed E-state index contributed by atoms with van der Waals surface area (Å²) in [7, 11) is 0. The third kappa shape index (κ3) is 7.13. The zero-order valence-corrected chi connectivity index (χ0v) is 14.0. The molecule has 0 aromatic rings. The summed E-state index contributed by atoms with van der Waals surface area (Å²) < 4.78 is 0. The van der Waals surface area contributed by atoms with Crippen LogP contribution in [-0.2, 0) is 29.1 Å². The summed E-state index contributed by atoms with van der Waals surface area (Å²) in [6.07, 6.45) is 1.83. The molecule has 7 heteroatoms. The highest BCUT2D eigenvalue weighted by molar-refractivity contribution is 6.12. The minimum absolute atomic E-state index is 0.149. The maximum Gasteiger partial charge on any atom is 0.253 e. The standard InChI is InChI=1S/C15H25NO6/c1-14(2,3)21-19-13(20-22-15(4,5)6)9-10-16-11(17)7-8-12(16)18/h7-8,13H,9-10H2,1-6H3. The highest BCUT2D eigenvalue weighted by Crippen LogP contribution is 2.16. The van der Waals surface area contributed by atoms with Crippen LogP contribution in [0.2, 0.25) is 0 Å². The van der Waals surface area contributed by atoms with Crippen molar-refractivity contribution >= 4 is 11.8 Å². The molecule has 1 aliphatic heterocycles. The Kier molecular flexibility index (Phi) is 6.25. The zero-order valence-electron chi connectivity index (χ0n) is 14.0. The molecule has 2 amide bonds. The van der Waals surface area contributed by atoms with Gasteiger partial charge in [-0.1, -0.05) is 0 Å².